The Kier molecular flexibility index (Phi) is 7.63. The smallest absolute Gasteiger partial charge is 0.240 e. The molecule has 0 saturated carbocycles. The van der Waals surface area contributed by atoms with Gasteiger partial charge in [0.05, 0.1) is 17.8 Å². The van der Waals surface area contributed by atoms with E-state index < -0.39 is 5.91 Å². The molecular formula is C19H20ClN3O4. The van der Waals surface area contributed by atoms with Gasteiger partial charge in [0.15, 0.2) is 11.5 Å². The van der Waals surface area contributed by atoms with Crippen molar-refractivity contribution in [2.45, 2.75) is 19.8 Å². The lowest BCUT2D eigenvalue weighted by Crippen LogP contribution is -2.20. The number of anilines is 1. The minimum absolute atomic E-state index is 0.00344. The molecule has 2 aromatic carbocycles. The Morgan fingerprint density at radius 2 is 1.89 bits per heavy atom. The SMILES string of the molecule is CCOc1cc(/C=N/NC(=O)CCC(=O)Nc2ccccc2)cc(Cl)c1O. The van der Waals surface area contributed by atoms with Crippen LogP contribution >= 0.6 is 11.6 Å². The molecule has 2 amide bonds. The zero-order valence-corrected chi connectivity index (χ0v) is 15.5. The predicted octanol–water partition coefficient (Wildman–Crippen LogP) is 3.31. The van der Waals surface area contributed by atoms with E-state index >= 15 is 0 Å². The second-order valence-corrected chi connectivity index (χ2v) is 5.90. The Labute approximate surface area is 162 Å². The topological polar surface area (TPSA) is 100 Å². The molecule has 0 unspecified atom stereocenters. The van der Waals surface area contributed by atoms with E-state index in [9.17, 15) is 14.7 Å². The van der Waals surface area contributed by atoms with Crippen molar-refractivity contribution >= 4 is 35.3 Å². The Morgan fingerprint density at radius 1 is 1.19 bits per heavy atom. The third kappa shape index (κ3) is 6.63. The lowest BCUT2D eigenvalue weighted by molar-refractivity contribution is -0.124. The second-order valence-electron chi connectivity index (χ2n) is 5.49. The number of amides is 2. The minimum atomic E-state index is -0.399. The number of carbonyl (C=O) groups excluding carboxylic acids is 2. The zero-order valence-electron chi connectivity index (χ0n) is 14.7. The van der Waals surface area contributed by atoms with Crippen molar-refractivity contribution in [2.75, 3.05) is 11.9 Å². The summed E-state index contributed by atoms with van der Waals surface area (Å²) in [5.74, 6) is -0.573. The highest BCUT2D eigenvalue weighted by molar-refractivity contribution is 6.32. The van der Waals surface area contributed by atoms with E-state index in [4.69, 9.17) is 16.3 Å². The molecule has 3 N–H and O–H groups in total. The van der Waals surface area contributed by atoms with Crippen molar-refractivity contribution in [2.24, 2.45) is 5.10 Å². The van der Waals surface area contributed by atoms with Crippen molar-refractivity contribution in [1.29, 1.82) is 0 Å². The van der Waals surface area contributed by atoms with Gasteiger partial charge >= 0.3 is 0 Å². The minimum Gasteiger partial charge on any atom is -0.503 e. The number of nitrogens with zero attached hydrogens (tertiary/aromatic N) is 1. The number of nitrogens with one attached hydrogen (secondary N) is 2. The number of hydrazone groups is 1. The molecule has 0 fully saturated rings. The number of halogens is 1. The number of aromatic hydroxyl groups is 1. The first-order valence-electron chi connectivity index (χ1n) is 8.31. The first-order chi connectivity index (χ1) is 13.0. The van der Waals surface area contributed by atoms with Crippen LogP contribution in [0.1, 0.15) is 25.3 Å². The maximum atomic E-state index is 11.8. The van der Waals surface area contributed by atoms with Crippen molar-refractivity contribution in [3.8, 4) is 11.5 Å². The first-order valence-corrected chi connectivity index (χ1v) is 8.69. The molecule has 0 heterocycles. The van der Waals surface area contributed by atoms with Gasteiger partial charge in [-0.05, 0) is 36.8 Å². The molecule has 2 rings (SSSR count). The van der Waals surface area contributed by atoms with Crippen LogP contribution < -0.4 is 15.5 Å². The Bertz CT molecular complexity index is 825. The summed E-state index contributed by atoms with van der Waals surface area (Å²) in [5, 5.41) is 16.4. The molecule has 0 aromatic heterocycles. The number of para-hydroxylation sites is 1. The van der Waals surface area contributed by atoms with Crippen molar-refractivity contribution in [1.82, 2.24) is 5.43 Å². The molecule has 0 aliphatic heterocycles. The number of phenolic OH excluding ortho intramolecular Hbond substituents is 1. The molecule has 0 spiro atoms. The molecule has 0 atom stereocenters. The fraction of sp³-hybridized carbons (Fsp3) is 0.211. The summed E-state index contributed by atoms with van der Waals surface area (Å²) >= 11 is 5.92. The van der Waals surface area contributed by atoms with E-state index in [0.717, 1.165) is 0 Å². The number of rotatable bonds is 8. The van der Waals surface area contributed by atoms with Crippen LogP contribution in [0.5, 0.6) is 11.5 Å². The summed E-state index contributed by atoms with van der Waals surface area (Å²) in [5.41, 5.74) is 3.56. The van der Waals surface area contributed by atoms with Gasteiger partial charge in [0, 0.05) is 18.5 Å². The summed E-state index contributed by atoms with van der Waals surface area (Å²) in [4.78, 5) is 23.6. The molecular weight excluding hydrogens is 370 g/mol. The van der Waals surface area contributed by atoms with Gasteiger partial charge in [0.1, 0.15) is 0 Å². The van der Waals surface area contributed by atoms with Gasteiger partial charge in [0.2, 0.25) is 11.8 Å². The van der Waals surface area contributed by atoms with Crippen LogP contribution in [-0.4, -0.2) is 29.7 Å². The Balaban J connectivity index is 1.82. The van der Waals surface area contributed by atoms with E-state index in [1.807, 2.05) is 18.2 Å². The third-order valence-electron chi connectivity index (χ3n) is 3.39. The maximum absolute atomic E-state index is 11.8. The molecule has 0 bridgehead atoms. The van der Waals surface area contributed by atoms with Crippen LogP contribution in [0.25, 0.3) is 0 Å². The summed E-state index contributed by atoms with van der Waals surface area (Å²) in [6.07, 6.45) is 1.40. The largest absolute Gasteiger partial charge is 0.503 e. The molecule has 0 aliphatic rings. The van der Waals surface area contributed by atoms with Crippen molar-refractivity contribution in [3.05, 3.63) is 53.1 Å². The molecule has 8 heteroatoms. The average Bonchev–Trinajstić information content (AvgIpc) is 2.65. The quantitative estimate of drug-likeness (QED) is 0.476. The van der Waals surface area contributed by atoms with E-state index in [2.05, 4.69) is 15.8 Å². The first kappa shape index (κ1) is 20.3. The standard InChI is InChI=1S/C19H20ClN3O4/c1-2-27-16-11-13(10-15(20)19(16)26)12-21-23-18(25)9-8-17(24)22-14-6-4-3-5-7-14/h3-7,10-12,26H,2,8-9H2,1H3,(H,22,24)(H,23,25)/b21-12+. The maximum Gasteiger partial charge on any atom is 0.240 e. The summed E-state index contributed by atoms with van der Waals surface area (Å²) in [6, 6.07) is 12.0. The van der Waals surface area contributed by atoms with Crippen LogP contribution in [0.4, 0.5) is 5.69 Å². The Morgan fingerprint density at radius 3 is 2.59 bits per heavy atom. The van der Waals surface area contributed by atoms with Gasteiger partial charge in [-0.2, -0.15) is 5.10 Å². The molecule has 7 nitrogen and oxygen atoms in total. The monoisotopic (exact) mass is 389 g/mol. The lowest BCUT2D eigenvalue weighted by Gasteiger charge is -2.08. The molecule has 142 valence electrons. The Hall–Kier alpha value is -3.06. The van der Waals surface area contributed by atoms with E-state index in [1.54, 1.807) is 25.1 Å². The van der Waals surface area contributed by atoms with Crippen LogP contribution in [-0.2, 0) is 9.59 Å². The van der Waals surface area contributed by atoms with Crippen LogP contribution in [0.15, 0.2) is 47.6 Å². The fourth-order valence-electron chi connectivity index (χ4n) is 2.14. The van der Waals surface area contributed by atoms with Gasteiger partial charge in [-0.15, -0.1) is 0 Å². The van der Waals surface area contributed by atoms with Gasteiger partial charge in [-0.3, -0.25) is 9.59 Å². The highest BCUT2D eigenvalue weighted by Gasteiger charge is 2.09. The van der Waals surface area contributed by atoms with E-state index in [0.29, 0.717) is 17.9 Å². The lowest BCUT2D eigenvalue weighted by atomic mass is 10.2. The van der Waals surface area contributed by atoms with Gasteiger partial charge < -0.3 is 15.2 Å². The van der Waals surface area contributed by atoms with Gasteiger partial charge in [0.25, 0.3) is 0 Å². The molecule has 0 radical (unpaired) electrons. The molecule has 0 saturated heterocycles. The third-order valence-corrected chi connectivity index (χ3v) is 3.68. The highest BCUT2D eigenvalue weighted by Crippen LogP contribution is 2.34. The number of phenols is 1. The molecule has 27 heavy (non-hydrogen) atoms. The van der Waals surface area contributed by atoms with Crippen LogP contribution in [0.3, 0.4) is 0 Å². The average molecular weight is 390 g/mol. The molecule has 0 aliphatic carbocycles. The number of ether oxygens (including phenoxy) is 1. The van der Waals surface area contributed by atoms with E-state index in [1.165, 1.54) is 12.3 Å². The van der Waals surface area contributed by atoms with Crippen LogP contribution in [0.2, 0.25) is 5.02 Å². The number of benzene rings is 2. The number of hydrogen-bond acceptors (Lipinski definition) is 5. The normalized spacial score (nSPS) is 10.6. The van der Waals surface area contributed by atoms with Crippen molar-refractivity contribution in [3.63, 3.8) is 0 Å². The van der Waals surface area contributed by atoms with Crippen molar-refractivity contribution < 1.29 is 19.4 Å². The van der Waals surface area contributed by atoms with Crippen LogP contribution in [0, 0.1) is 0 Å². The predicted molar refractivity (Wildman–Crippen MR) is 104 cm³/mol. The zero-order chi connectivity index (χ0) is 19.6. The fourth-order valence-corrected chi connectivity index (χ4v) is 2.36. The summed E-state index contributed by atoms with van der Waals surface area (Å²) in [6.45, 7) is 2.15. The number of carbonyl (C=O) groups is 2. The molecule has 2 aromatic rings. The summed E-state index contributed by atoms with van der Waals surface area (Å²) in [7, 11) is 0. The van der Waals surface area contributed by atoms with E-state index in [-0.39, 0.29) is 35.3 Å². The number of hydrogen-bond donors (Lipinski definition) is 3. The summed E-state index contributed by atoms with van der Waals surface area (Å²) < 4.78 is 5.27. The van der Waals surface area contributed by atoms with Gasteiger partial charge in [-0.1, -0.05) is 29.8 Å². The second kappa shape index (κ2) is 10.2. The van der Waals surface area contributed by atoms with Gasteiger partial charge in [-0.25, -0.2) is 5.43 Å². The highest BCUT2D eigenvalue weighted by atomic mass is 35.5.